The van der Waals surface area contributed by atoms with Gasteiger partial charge in [0.15, 0.2) is 5.78 Å². The number of nitrogens with zero attached hydrogens (tertiary/aromatic N) is 1. The van der Waals surface area contributed by atoms with Crippen LogP contribution in [-0.4, -0.2) is 75.6 Å². The van der Waals surface area contributed by atoms with Gasteiger partial charge in [0.2, 0.25) is 23.6 Å². The van der Waals surface area contributed by atoms with Crippen molar-refractivity contribution in [1.82, 2.24) is 31.2 Å². The number of ketones is 1. The predicted molar refractivity (Wildman–Crippen MR) is 200 cm³/mol. The quantitative estimate of drug-likeness (QED) is 0.0713. The summed E-state index contributed by atoms with van der Waals surface area (Å²) in [4.78, 5) is 74.5. The molecule has 0 unspecified atom stereocenters. The zero-order chi connectivity index (χ0) is 37.7. The van der Waals surface area contributed by atoms with Crippen LogP contribution in [0.1, 0.15) is 56.9 Å². The standard InChI is InChI=1S/C39H50N8O5/c1-25(48)31(15-9-10-18-40)44-35(49)32(20-26-11-5-4-6-12-26)45-36(50)33(21-27-16-17-28-13-7-8-14-29(28)19-27)46-37(51)34(22-30-23-42-24-43-30)47-38(52)39(2,3)41/h4-8,11-14,16-17,19,23-24,31-34H,9-10,15,18,20-22,40-41H2,1-3H3,(H,42,43)(H,44,49)(H,45,50)(H,46,51)(H,47,52)/t31-,32+,33+,34-/m0/s1. The van der Waals surface area contributed by atoms with Crippen molar-refractivity contribution >= 4 is 40.2 Å². The maximum absolute atomic E-state index is 14.3. The lowest BCUT2D eigenvalue weighted by molar-refractivity contribution is -0.134. The van der Waals surface area contributed by atoms with Gasteiger partial charge in [0.25, 0.3) is 0 Å². The molecule has 4 rings (SSSR count). The van der Waals surface area contributed by atoms with E-state index in [0.29, 0.717) is 31.5 Å². The van der Waals surface area contributed by atoms with E-state index in [0.717, 1.165) is 21.9 Å². The molecule has 0 fully saturated rings. The SMILES string of the molecule is CC(=O)[C@H](CCCCN)NC(=O)[C@@H](Cc1ccccc1)NC(=O)[C@@H](Cc1ccc2ccccc2c1)NC(=O)[C@H](Cc1cnc[nH]1)NC(=O)C(C)(C)N. The fraction of sp³-hybridized carbons (Fsp3) is 0.385. The summed E-state index contributed by atoms with van der Waals surface area (Å²) in [6.07, 6.45) is 5.01. The van der Waals surface area contributed by atoms with E-state index >= 15 is 0 Å². The summed E-state index contributed by atoms with van der Waals surface area (Å²) in [6.45, 7) is 4.93. The number of aromatic amines is 1. The highest BCUT2D eigenvalue weighted by atomic mass is 16.2. The smallest absolute Gasteiger partial charge is 0.243 e. The molecule has 0 bridgehead atoms. The molecule has 13 nitrogen and oxygen atoms in total. The number of unbranched alkanes of at least 4 members (excludes halogenated alkanes) is 1. The van der Waals surface area contributed by atoms with Crippen molar-refractivity contribution in [3.8, 4) is 0 Å². The van der Waals surface area contributed by atoms with Crippen molar-refractivity contribution in [2.45, 2.75) is 89.0 Å². The van der Waals surface area contributed by atoms with Gasteiger partial charge in [0.05, 0.1) is 17.9 Å². The molecule has 276 valence electrons. The Hall–Kier alpha value is -5.40. The van der Waals surface area contributed by atoms with E-state index in [1.165, 1.54) is 33.3 Å². The summed E-state index contributed by atoms with van der Waals surface area (Å²) in [7, 11) is 0. The maximum Gasteiger partial charge on any atom is 0.243 e. The summed E-state index contributed by atoms with van der Waals surface area (Å²) in [5, 5.41) is 13.2. The van der Waals surface area contributed by atoms with Gasteiger partial charge in [-0.3, -0.25) is 24.0 Å². The summed E-state index contributed by atoms with van der Waals surface area (Å²) >= 11 is 0. The van der Waals surface area contributed by atoms with Gasteiger partial charge >= 0.3 is 0 Å². The molecule has 1 aromatic heterocycles. The minimum absolute atomic E-state index is 0.0492. The maximum atomic E-state index is 14.3. The number of nitrogens with two attached hydrogens (primary N) is 2. The first-order valence-electron chi connectivity index (χ1n) is 17.5. The van der Waals surface area contributed by atoms with E-state index in [-0.39, 0.29) is 25.0 Å². The molecule has 0 radical (unpaired) electrons. The van der Waals surface area contributed by atoms with Crippen molar-refractivity contribution in [3.63, 3.8) is 0 Å². The number of carbonyl (C=O) groups excluding carboxylic acids is 5. The predicted octanol–water partition coefficient (Wildman–Crippen LogP) is 1.99. The van der Waals surface area contributed by atoms with Crippen LogP contribution >= 0.6 is 0 Å². The van der Waals surface area contributed by atoms with Gasteiger partial charge in [-0.2, -0.15) is 0 Å². The number of H-pyrrole nitrogens is 1. The molecule has 0 saturated carbocycles. The van der Waals surface area contributed by atoms with Crippen LogP contribution in [0.15, 0.2) is 85.3 Å². The normalized spacial score (nSPS) is 13.7. The fourth-order valence-electron chi connectivity index (χ4n) is 5.73. The van der Waals surface area contributed by atoms with Gasteiger partial charge in [-0.15, -0.1) is 0 Å². The molecule has 13 heteroatoms. The molecule has 0 aliphatic carbocycles. The lowest BCUT2D eigenvalue weighted by Gasteiger charge is -2.27. The fourth-order valence-corrected chi connectivity index (χ4v) is 5.73. The van der Waals surface area contributed by atoms with Crippen LogP contribution in [0.2, 0.25) is 0 Å². The molecule has 0 aliphatic heterocycles. The summed E-state index contributed by atoms with van der Waals surface area (Å²) in [5.41, 5.74) is 12.5. The molecule has 0 aliphatic rings. The van der Waals surface area contributed by atoms with Gasteiger partial charge in [0.1, 0.15) is 18.1 Å². The summed E-state index contributed by atoms with van der Waals surface area (Å²) in [6, 6.07) is 18.6. The first-order chi connectivity index (χ1) is 24.8. The zero-order valence-corrected chi connectivity index (χ0v) is 30.0. The van der Waals surface area contributed by atoms with Gasteiger partial charge in [-0.25, -0.2) is 4.98 Å². The highest BCUT2D eigenvalue weighted by molar-refractivity contribution is 5.96. The average Bonchev–Trinajstić information content (AvgIpc) is 3.63. The number of carbonyl (C=O) groups is 5. The molecule has 4 aromatic rings. The van der Waals surface area contributed by atoms with Crippen molar-refractivity contribution in [3.05, 3.63) is 102 Å². The Labute approximate surface area is 304 Å². The number of amides is 4. The second-order valence-electron chi connectivity index (χ2n) is 13.7. The number of Topliss-reactive ketones (excluding diaryl/α,β-unsaturated/α-hetero) is 1. The third-order valence-corrected chi connectivity index (χ3v) is 8.74. The zero-order valence-electron chi connectivity index (χ0n) is 30.0. The number of benzene rings is 3. The van der Waals surface area contributed by atoms with Crippen molar-refractivity contribution in [1.29, 1.82) is 0 Å². The summed E-state index contributed by atoms with van der Waals surface area (Å²) < 4.78 is 0. The average molecular weight is 711 g/mol. The van der Waals surface area contributed by atoms with Crippen LogP contribution in [0.4, 0.5) is 0 Å². The Balaban J connectivity index is 1.65. The molecule has 3 aromatic carbocycles. The molecule has 1 heterocycles. The molecular formula is C39H50N8O5. The Morgan fingerprint density at radius 3 is 1.87 bits per heavy atom. The van der Waals surface area contributed by atoms with E-state index in [2.05, 4.69) is 31.2 Å². The number of imidazole rings is 1. The Morgan fingerprint density at radius 2 is 1.29 bits per heavy atom. The molecule has 52 heavy (non-hydrogen) atoms. The van der Waals surface area contributed by atoms with Gasteiger partial charge < -0.3 is 37.7 Å². The van der Waals surface area contributed by atoms with Gasteiger partial charge in [0, 0.05) is 31.2 Å². The monoisotopic (exact) mass is 710 g/mol. The van der Waals surface area contributed by atoms with E-state index in [9.17, 15) is 24.0 Å². The number of rotatable bonds is 19. The number of aromatic nitrogens is 2. The van der Waals surface area contributed by atoms with Crippen LogP contribution < -0.4 is 32.7 Å². The lowest BCUT2D eigenvalue weighted by atomic mass is 9.99. The summed E-state index contributed by atoms with van der Waals surface area (Å²) in [5.74, 6) is -2.55. The second kappa shape index (κ2) is 18.7. The number of hydrogen-bond acceptors (Lipinski definition) is 8. The van der Waals surface area contributed by atoms with E-state index in [1.807, 2.05) is 72.8 Å². The van der Waals surface area contributed by atoms with Crippen LogP contribution in [0.3, 0.4) is 0 Å². The lowest BCUT2D eigenvalue weighted by Crippen LogP contribution is -2.60. The number of hydrogen-bond donors (Lipinski definition) is 7. The molecule has 0 spiro atoms. The minimum Gasteiger partial charge on any atom is -0.348 e. The highest BCUT2D eigenvalue weighted by Gasteiger charge is 2.33. The Kier molecular flexibility index (Phi) is 14.2. The third-order valence-electron chi connectivity index (χ3n) is 8.74. The van der Waals surface area contributed by atoms with Crippen molar-refractivity contribution in [2.75, 3.05) is 6.54 Å². The molecule has 0 saturated heterocycles. The topological polar surface area (TPSA) is 214 Å². The van der Waals surface area contributed by atoms with Crippen LogP contribution in [0.25, 0.3) is 10.8 Å². The van der Waals surface area contributed by atoms with E-state index < -0.39 is 53.3 Å². The largest absolute Gasteiger partial charge is 0.348 e. The molecule has 4 atom stereocenters. The Morgan fingerprint density at radius 1 is 0.712 bits per heavy atom. The Bertz CT molecular complexity index is 1810. The number of nitrogens with one attached hydrogen (secondary N) is 5. The number of fused-ring (bicyclic) bond motifs is 1. The van der Waals surface area contributed by atoms with Crippen LogP contribution in [0, 0.1) is 0 Å². The first-order valence-corrected chi connectivity index (χ1v) is 17.5. The van der Waals surface area contributed by atoms with Crippen LogP contribution in [0.5, 0.6) is 0 Å². The minimum atomic E-state index is -1.28. The van der Waals surface area contributed by atoms with E-state index in [4.69, 9.17) is 11.5 Å². The third kappa shape index (κ3) is 11.8. The first kappa shape index (κ1) is 39.4. The van der Waals surface area contributed by atoms with Crippen LogP contribution in [-0.2, 0) is 43.2 Å². The molecular weight excluding hydrogens is 660 g/mol. The van der Waals surface area contributed by atoms with E-state index in [1.54, 1.807) is 0 Å². The van der Waals surface area contributed by atoms with Crippen molar-refractivity contribution in [2.24, 2.45) is 11.5 Å². The van der Waals surface area contributed by atoms with Gasteiger partial charge in [-0.1, -0.05) is 72.8 Å². The molecule has 4 amide bonds. The highest BCUT2D eigenvalue weighted by Crippen LogP contribution is 2.17. The molecule has 9 N–H and O–H groups in total. The second-order valence-corrected chi connectivity index (χ2v) is 13.7. The van der Waals surface area contributed by atoms with Crippen molar-refractivity contribution < 1.29 is 24.0 Å². The van der Waals surface area contributed by atoms with Gasteiger partial charge in [-0.05, 0) is 68.5 Å².